The van der Waals surface area contributed by atoms with E-state index in [1.807, 2.05) is 12.1 Å². The lowest BCUT2D eigenvalue weighted by atomic mass is 10.0. The summed E-state index contributed by atoms with van der Waals surface area (Å²) in [6.45, 7) is 5.36. The number of hydrogen-bond donors (Lipinski definition) is 1. The standard InChI is InChI=1S/C19H25N3O2S/c1-15-8-4-5-9-18(15)16(2)21-19-11-10-17(14-20-19)25(23,24)22-12-6-3-7-13-22/h4-5,8-11,14,16H,3,6-7,12-13H2,1-2H3,(H,20,21). The number of rotatable bonds is 5. The highest BCUT2D eigenvalue weighted by Crippen LogP contribution is 2.23. The molecule has 0 aliphatic carbocycles. The summed E-state index contributed by atoms with van der Waals surface area (Å²) in [5.74, 6) is 0.674. The van der Waals surface area contributed by atoms with E-state index in [-0.39, 0.29) is 10.9 Å². The average molecular weight is 359 g/mol. The van der Waals surface area contributed by atoms with Gasteiger partial charge in [-0.15, -0.1) is 0 Å². The Bertz CT molecular complexity index is 813. The summed E-state index contributed by atoms with van der Waals surface area (Å²) in [5.41, 5.74) is 2.42. The number of aryl methyl sites for hydroxylation is 1. The molecule has 1 saturated heterocycles. The van der Waals surface area contributed by atoms with E-state index in [0.717, 1.165) is 19.3 Å². The number of nitrogens with one attached hydrogen (secondary N) is 1. The fourth-order valence-electron chi connectivity index (χ4n) is 3.24. The topological polar surface area (TPSA) is 62.3 Å². The molecule has 5 nitrogen and oxygen atoms in total. The monoisotopic (exact) mass is 359 g/mol. The van der Waals surface area contributed by atoms with Crippen molar-refractivity contribution in [1.82, 2.24) is 9.29 Å². The first kappa shape index (κ1) is 17.9. The van der Waals surface area contributed by atoms with Crippen molar-refractivity contribution in [2.24, 2.45) is 0 Å². The molecule has 25 heavy (non-hydrogen) atoms. The summed E-state index contributed by atoms with van der Waals surface area (Å²) in [6, 6.07) is 11.7. The molecular weight excluding hydrogens is 334 g/mol. The van der Waals surface area contributed by atoms with E-state index in [1.54, 1.807) is 16.4 Å². The van der Waals surface area contributed by atoms with E-state index in [1.165, 1.54) is 17.3 Å². The van der Waals surface area contributed by atoms with Gasteiger partial charge in [0.2, 0.25) is 10.0 Å². The zero-order valence-corrected chi connectivity index (χ0v) is 15.6. The number of hydrogen-bond acceptors (Lipinski definition) is 4. The minimum Gasteiger partial charge on any atom is -0.364 e. The summed E-state index contributed by atoms with van der Waals surface area (Å²) in [4.78, 5) is 4.59. The smallest absolute Gasteiger partial charge is 0.244 e. The van der Waals surface area contributed by atoms with Gasteiger partial charge < -0.3 is 5.32 Å². The highest BCUT2D eigenvalue weighted by molar-refractivity contribution is 7.89. The molecule has 1 aliphatic rings. The lowest BCUT2D eigenvalue weighted by Crippen LogP contribution is -2.35. The molecule has 0 bridgehead atoms. The zero-order chi connectivity index (χ0) is 17.9. The van der Waals surface area contributed by atoms with Crippen molar-refractivity contribution in [2.45, 2.75) is 44.0 Å². The van der Waals surface area contributed by atoms with E-state index in [2.05, 4.69) is 36.3 Å². The molecule has 1 aliphatic heterocycles. The fourth-order valence-corrected chi connectivity index (χ4v) is 4.71. The summed E-state index contributed by atoms with van der Waals surface area (Å²) >= 11 is 0. The molecule has 2 aromatic rings. The first-order valence-corrected chi connectivity index (χ1v) is 10.2. The molecule has 2 heterocycles. The SMILES string of the molecule is Cc1ccccc1C(C)Nc1ccc(S(=O)(=O)N2CCCCC2)cn1. The second-order valence-corrected chi connectivity index (χ2v) is 8.50. The molecule has 3 rings (SSSR count). The number of nitrogens with zero attached hydrogens (tertiary/aromatic N) is 2. The number of pyridine rings is 1. The van der Waals surface area contributed by atoms with Gasteiger partial charge in [-0.25, -0.2) is 13.4 Å². The molecule has 0 radical (unpaired) electrons. The minimum atomic E-state index is -3.42. The Kier molecular flexibility index (Phi) is 5.39. The summed E-state index contributed by atoms with van der Waals surface area (Å²) in [5, 5.41) is 3.34. The van der Waals surface area contributed by atoms with Crippen molar-refractivity contribution in [3.63, 3.8) is 0 Å². The van der Waals surface area contributed by atoms with Gasteiger partial charge in [-0.05, 0) is 49.9 Å². The van der Waals surface area contributed by atoms with Crippen molar-refractivity contribution in [2.75, 3.05) is 18.4 Å². The van der Waals surface area contributed by atoms with Crippen LogP contribution in [0.25, 0.3) is 0 Å². The number of sulfonamides is 1. The number of benzene rings is 1. The zero-order valence-electron chi connectivity index (χ0n) is 14.8. The Morgan fingerprint density at radius 1 is 1.08 bits per heavy atom. The van der Waals surface area contributed by atoms with E-state index in [9.17, 15) is 8.42 Å². The maximum atomic E-state index is 12.7. The largest absolute Gasteiger partial charge is 0.364 e. The molecule has 1 aromatic carbocycles. The van der Waals surface area contributed by atoms with Gasteiger partial charge in [-0.1, -0.05) is 30.7 Å². The lowest BCUT2D eigenvalue weighted by molar-refractivity contribution is 0.346. The van der Waals surface area contributed by atoms with Crippen LogP contribution in [-0.4, -0.2) is 30.8 Å². The van der Waals surface area contributed by atoms with Crippen LogP contribution in [-0.2, 0) is 10.0 Å². The lowest BCUT2D eigenvalue weighted by Gasteiger charge is -2.25. The van der Waals surface area contributed by atoms with E-state index in [4.69, 9.17) is 0 Å². The van der Waals surface area contributed by atoms with Gasteiger partial charge in [-0.3, -0.25) is 0 Å². The van der Waals surface area contributed by atoms with Crippen molar-refractivity contribution >= 4 is 15.8 Å². The van der Waals surface area contributed by atoms with Crippen LogP contribution in [0.15, 0.2) is 47.5 Å². The third-order valence-electron chi connectivity index (χ3n) is 4.71. The molecule has 1 aromatic heterocycles. The molecule has 1 fully saturated rings. The van der Waals surface area contributed by atoms with Gasteiger partial charge in [-0.2, -0.15) is 4.31 Å². The summed E-state index contributed by atoms with van der Waals surface area (Å²) in [7, 11) is -3.42. The van der Waals surface area contributed by atoms with Gasteiger partial charge >= 0.3 is 0 Å². The Hall–Kier alpha value is -1.92. The number of piperidine rings is 1. The Balaban J connectivity index is 1.73. The third-order valence-corrected chi connectivity index (χ3v) is 6.59. The predicted octanol–water partition coefficient (Wildman–Crippen LogP) is 3.74. The van der Waals surface area contributed by atoms with Crippen LogP contribution in [0.2, 0.25) is 0 Å². The van der Waals surface area contributed by atoms with Crippen LogP contribution in [0, 0.1) is 6.92 Å². The number of anilines is 1. The van der Waals surface area contributed by atoms with Gasteiger partial charge in [0.15, 0.2) is 0 Å². The van der Waals surface area contributed by atoms with Crippen LogP contribution in [0.5, 0.6) is 0 Å². The second kappa shape index (κ2) is 7.54. The maximum absolute atomic E-state index is 12.7. The molecule has 1 unspecified atom stereocenters. The Morgan fingerprint density at radius 3 is 2.44 bits per heavy atom. The quantitative estimate of drug-likeness (QED) is 0.883. The molecule has 0 saturated carbocycles. The normalized spacial score (nSPS) is 17.2. The molecule has 1 atom stereocenters. The van der Waals surface area contributed by atoms with Gasteiger partial charge in [0.1, 0.15) is 10.7 Å². The molecule has 6 heteroatoms. The van der Waals surface area contributed by atoms with Gasteiger partial charge in [0.25, 0.3) is 0 Å². The fraction of sp³-hybridized carbons (Fsp3) is 0.421. The summed E-state index contributed by atoms with van der Waals surface area (Å²) in [6.07, 6.45) is 4.42. The van der Waals surface area contributed by atoms with Crippen molar-refractivity contribution in [3.8, 4) is 0 Å². The molecule has 134 valence electrons. The first-order valence-electron chi connectivity index (χ1n) is 8.77. The summed E-state index contributed by atoms with van der Waals surface area (Å²) < 4.78 is 26.9. The minimum absolute atomic E-state index is 0.0956. The molecule has 0 amide bonds. The van der Waals surface area contributed by atoms with Crippen LogP contribution in [0.4, 0.5) is 5.82 Å². The Labute approximate surface area is 150 Å². The van der Waals surface area contributed by atoms with Gasteiger partial charge in [0.05, 0.1) is 6.04 Å². The molecular formula is C19H25N3O2S. The van der Waals surface area contributed by atoms with Crippen molar-refractivity contribution in [1.29, 1.82) is 0 Å². The third kappa shape index (κ3) is 4.02. The van der Waals surface area contributed by atoms with Crippen molar-refractivity contribution in [3.05, 3.63) is 53.7 Å². The first-order chi connectivity index (χ1) is 12.0. The van der Waals surface area contributed by atoms with Crippen LogP contribution in [0.1, 0.15) is 43.4 Å². The van der Waals surface area contributed by atoms with E-state index in [0.29, 0.717) is 18.9 Å². The molecule has 1 N–H and O–H groups in total. The maximum Gasteiger partial charge on any atom is 0.244 e. The number of aromatic nitrogens is 1. The highest BCUT2D eigenvalue weighted by atomic mass is 32.2. The predicted molar refractivity (Wildman–Crippen MR) is 100 cm³/mol. The second-order valence-electron chi connectivity index (χ2n) is 6.57. The Morgan fingerprint density at radius 2 is 1.80 bits per heavy atom. The van der Waals surface area contributed by atoms with Crippen LogP contribution < -0.4 is 5.32 Å². The average Bonchev–Trinajstić information content (AvgIpc) is 2.63. The highest BCUT2D eigenvalue weighted by Gasteiger charge is 2.26. The van der Waals surface area contributed by atoms with E-state index >= 15 is 0 Å². The van der Waals surface area contributed by atoms with Crippen LogP contribution >= 0.6 is 0 Å². The van der Waals surface area contributed by atoms with Gasteiger partial charge in [0, 0.05) is 19.3 Å². The van der Waals surface area contributed by atoms with E-state index < -0.39 is 10.0 Å². The van der Waals surface area contributed by atoms with Crippen LogP contribution in [0.3, 0.4) is 0 Å². The molecule has 0 spiro atoms. The van der Waals surface area contributed by atoms with Crippen molar-refractivity contribution < 1.29 is 8.42 Å².